The third kappa shape index (κ3) is 3.34. The summed E-state index contributed by atoms with van der Waals surface area (Å²) >= 11 is 0. The highest BCUT2D eigenvalue weighted by Gasteiger charge is 2.37. The summed E-state index contributed by atoms with van der Waals surface area (Å²) in [6.07, 6.45) is 0.901. The Morgan fingerprint density at radius 1 is 1.15 bits per heavy atom. The molecule has 136 valence electrons. The molecule has 0 atom stereocenters. The number of para-hydroxylation sites is 1. The van der Waals surface area contributed by atoms with Gasteiger partial charge in [0, 0.05) is 17.3 Å². The van der Waals surface area contributed by atoms with Crippen molar-refractivity contribution < 1.29 is 9.59 Å². The first-order chi connectivity index (χ1) is 13.0. The number of carbonyl (C=O) groups is 2. The van der Waals surface area contributed by atoms with Gasteiger partial charge in [0.25, 0.3) is 11.8 Å². The summed E-state index contributed by atoms with van der Waals surface area (Å²) in [5.41, 5.74) is 3.06. The topological polar surface area (TPSA) is 73.2 Å². The van der Waals surface area contributed by atoms with Gasteiger partial charge < -0.3 is 10.2 Å². The van der Waals surface area contributed by atoms with E-state index in [1.807, 2.05) is 44.2 Å². The first-order valence-electron chi connectivity index (χ1n) is 8.95. The van der Waals surface area contributed by atoms with Crippen molar-refractivity contribution in [2.45, 2.75) is 33.2 Å². The Morgan fingerprint density at radius 2 is 1.81 bits per heavy atom. The van der Waals surface area contributed by atoms with Crippen LogP contribution in [0.4, 0.5) is 11.4 Å². The van der Waals surface area contributed by atoms with Gasteiger partial charge in [0.15, 0.2) is 0 Å². The van der Waals surface area contributed by atoms with Gasteiger partial charge in [-0.15, -0.1) is 0 Å². The van der Waals surface area contributed by atoms with E-state index in [4.69, 9.17) is 0 Å². The second-order valence-electron chi connectivity index (χ2n) is 6.65. The highest BCUT2D eigenvalue weighted by atomic mass is 16.2. The number of hydrogen-bond donors (Lipinski definition) is 1. The van der Waals surface area contributed by atoms with Gasteiger partial charge in [-0.1, -0.05) is 37.3 Å². The van der Waals surface area contributed by atoms with Crippen molar-refractivity contribution in [3.05, 3.63) is 65.2 Å². The Morgan fingerprint density at radius 3 is 2.41 bits per heavy atom. The van der Waals surface area contributed by atoms with Crippen molar-refractivity contribution in [1.82, 2.24) is 0 Å². The molecule has 0 saturated heterocycles. The van der Waals surface area contributed by atoms with Crippen LogP contribution in [-0.2, 0) is 16.0 Å². The average molecular weight is 359 g/mol. The largest absolute Gasteiger partial charge is 0.321 e. The monoisotopic (exact) mass is 359 g/mol. The van der Waals surface area contributed by atoms with Crippen LogP contribution in [-0.4, -0.2) is 17.9 Å². The van der Waals surface area contributed by atoms with Crippen LogP contribution in [0.15, 0.2) is 54.1 Å². The SMILES string of the molecule is CCc1ccc(NC(=O)C(C#N)=C2C(=O)N(C(C)C)c3ccccc32)cc1. The summed E-state index contributed by atoms with van der Waals surface area (Å²) in [7, 11) is 0. The standard InChI is InChI=1S/C22H21N3O2/c1-4-15-9-11-16(12-10-15)24-21(26)18(13-23)20-17-7-5-6-8-19(17)25(14(2)3)22(20)27/h5-12,14H,4H2,1-3H3,(H,24,26). The minimum absolute atomic E-state index is 0.0826. The van der Waals surface area contributed by atoms with Gasteiger partial charge in [-0.25, -0.2) is 0 Å². The maximum Gasteiger partial charge on any atom is 0.267 e. The van der Waals surface area contributed by atoms with Crippen molar-refractivity contribution in [1.29, 1.82) is 5.26 Å². The van der Waals surface area contributed by atoms with Crippen LogP contribution in [0.5, 0.6) is 0 Å². The first-order valence-corrected chi connectivity index (χ1v) is 8.95. The van der Waals surface area contributed by atoms with Crippen LogP contribution in [0.25, 0.3) is 5.57 Å². The summed E-state index contributed by atoms with van der Waals surface area (Å²) in [5, 5.41) is 12.4. The van der Waals surface area contributed by atoms with E-state index in [2.05, 4.69) is 12.2 Å². The zero-order valence-electron chi connectivity index (χ0n) is 15.6. The molecular weight excluding hydrogens is 338 g/mol. The molecule has 1 aliphatic heterocycles. The maximum atomic E-state index is 13.0. The Bertz CT molecular complexity index is 966. The molecule has 0 unspecified atom stereocenters. The quantitative estimate of drug-likeness (QED) is 0.664. The molecule has 0 aromatic heterocycles. The third-order valence-electron chi connectivity index (χ3n) is 4.59. The van der Waals surface area contributed by atoms with Crippen LogP contribution in [0.2, 0.25) is 0 Å². The number of carbonyl (C=O) groups excluding carboxylic acids is 2. The molecule has 0 aliphatic carbocycles. The Hall–Kier alpha value is -3.39. The fourth-order valence-electron chi connectivity index (χ4n) is 3.23. The lowest BCUT2D eigenvalue weighted by atomic mass is 10.0. The molecule has 1 aliphatic rings. The molecule has 0 fully saturated rings. The van der Waals surface area contributed by atoms with E-state index < -0.39 is 5.91 Å². The van der Waals surface area contributed by atoms with Crippen molar-refractivity contribution in [2.75, 3.05) is 10.2 Å². The molecule has 0 spiro atoms. The predicted molar refractivity (Wildman–Crippen MR) is 106 cm³/mol. The van der Waals surface area contributed by atoms with Gasteiger partial charge >= 0.3 is 0 Å². The summed E-state index contributed by atoms with van der Waals surface area (Å²) in [5.74, 6) is -0.898. The van der Waals surface area contributed by atoms with Crippen molar-refractivity contribution in [3.63, 3.8) is 0 Å². The molecule has 0 saturated carbocycles. The molecule has 3 rings (SSSR count). The van der Waals surface area contributed by atoms with Crippen molar-refractivity contribution >= 4 is 28.8 Å². The highest BCUT2D eigenvalue weighted by molar-refractivity contribution is 6.38. The molecule has 27 heavy (non-hydrogen) atoms. The van der Waals surface area contributed by atoms with Gasteiger partial charge in [-0.05, 0) is 44.0 Å². The summed E-state index contributed by atoms with van der Waals surface area (Å²) in [6.45, 7) is 5.85. The fourth-order valence-corrected chi connectivity index (χ4v) is 3.23. The van der Waals surface area contributed by atoms with E-state index in [0.717, 1.165) is 17.7 Å². The molecule has 2 aromatic rings. The van der Waals surface area contributed by atoms with Gasteiger partial charge in [-0.2, -0.15) is 5.26 Å². The van der Waals surface area contributed by atoms with E-state index in [1.54, 1.807) is 29.2 Å². The number of benzene rings is 2. The van der Waals surface area contributed by atoms with Gasteiger partial charge in [-0.3, -0.25) is 9.59 Å². The molecule has 2 aromatic carbocycles. The number of nitrogens with zero attached hydrogens (tertiary/aromatic N) is 2. The number of aryl methyl sites for hydroxylation is 1. The van der Waals surface area contributed by atoms with E-state index in [1.165, 1.54) is 0 Å². The number of fused-ring (bicyclic) bond motifs is 1. The molecule has 0 radical (unpaired) electrons. The first kappa shape index (κ1) is 18.4. The number of amides is 2. The van der Waals surface area contributed by atoms with E-state index in [9.17, 15) is 14.9 Å². The average Bonchev–Trinajstić information content (AvgIpc) is 2.95. The molecule has 5 nitrogen and oxygen atoms in total. The smallest absolute Gasteiger partial charge is 0.267 e. The van der Waals surface area contributed by atoms with E-state index in [0.29, 0.717) is 11.3 Å². The van der Waals surface area contributed by atoms with Gasteiger partial charge in [0.2, 0.25) is 0 Å². The number of nitriles is 1. The van der Waals surface area contributed by atoms with Crippen molar-refractivity contribution in [3.8, 4) is 6.07 Å². The fraction of sp³-hybridized carbons (Fsp3) is 0.227. The highest BCUT2D eigenvalue weighted by Crippen LogP contribution is 2.39. The minimum atomic E-state index is -0.578. The Labute approximate surface area is 158 Å². The van der Waals surface area contributed by atoms with Crippen LogP contribution in [0.3, 0.4) is 0 Å². The Balaban J connectivity index is 2.02. The zero-order chi connectivity index (χ0) is 19.6. The normalized spacial score (nSPS) is 14.8. The summed E-state index contributed by atoms with van der Waals surface area (Å²) in [4.78, 5) is 27.4. The predicted octanol–water partition coefficient (Wildman–Crippen LogP) is 3.92. The second kappa shape index (κ2) is 7.46. The number of rotatable bonds is 4. The lowest BCUT2D eigenvalue weighted by molar-refractivity contribution is -0.115. The van der Waals surface area contributed by atoms with Crippen LogP contribution in [0, 0.1) is 11.3 Å². The molecule has 1 heterocycles. The van der Waals surface area contributed by atoms with Crippen molar-refractivity contribution in [2.24, 2.45) is 0 Å². The number of hydrogen-bond acceptors (Lipinski definition) is 3. The van der Waals surface area contributed by atoms with Crippen LogP contribution in [0.1, 0.15) is 31.9 Å². The lowest BCUT2D eigenvalue weighted by Gasteiger charge is -2.21. The summed E-state index contributed by atoms with van der Waals surface area (Å²) in [6, 6.07) is 16.5. The molecule has 5 heteroatoms. The number of nitrogens with one attached hydrogen (secondary N) is 1. The van der Waals surface area contributed by atoms with Crippen LogP contribution < -0.4 is 10.2 Å². The van der Waals surface area contributed by atoms with Gasteiger partial charge in [0.05, 0.1) is 11.3 Å². The maximum absolute atomic E-state index is 13.0. The van der Waals surface area contributed by atoms with E-state index >= 15 is 0 Å². The Kier molecular flexibility index (Phi) is 5.09. The third-order valence-corrected chi connectivity index (χ3v) is 4.59. The molecule has 2 amide bonds. The van der Waals surface area contributed by atoms with E-state index in [-0.39, 0.29) is 23.1 Å². The molecule has 0 bridgehead atoms. The lowest BCUT2D eigenvalue weighted by Crippen LogP contribution is -2.33. The molecule has 1 N–H and O–H groups in total. The second-order valence-corrected chi connectivity index (χ2v) is 6.65. The summed E-state index contributed by atoms with van der Waals surface area (Å²) < 4.78 is 0. The number of anilines is 2. The molecular formula is C22H21N3O2. The van der Waals surface area contributed by atoms with Gasteiger partial charge in [0.1, 0.15) is 11.6 Å². The van der Waals surface area contributed by atoms with Crippen LogP contribution >= 0.6 is 0 Å². The minimum Gasteiger partial charge on any atom is -0.321 e. The zero-order valence-corrected chi connectivity index (χ0v) is 15.6.